The number of carbonyl (C=O) groups excluding carboxylic acids is 1. The van der Waals surface area contributed by atoms with Crippen molar-refractivity contribution in [1.29, 1.82) is 0 Å². The Morgan fingerprint density at radius 2 is 1.92 bits per heavy atom. The molecule has 7 nitrogen and oxygen atoms in total. The highest BCUT2D eigenvalue weighted by Gasteiger charge is 2.63. The Labute approximate surface area is 211 Å². The molecular formula is C29H34N4O3. The predicted octanol–water partition coefficient (Wildman–Crippen LogP) is 2.91. The van der Waals surface area contributed by atoms with Crippen molar-refractivity contribution in [1.82, 2.24) is 19.2 Å². The summed E-state index contributed by atoms with van der Waals surface area (Å²) < 4.78 is 1.95. The molecule has 2 bridgehead atoms. The van der Waals surface area contributed by atoms with Crippen LogP contribution < -0.4 is 0 Å². The Morgan fingerprint density at radius 1 is 1.08 bits per heavy atom. The molecule has 36 heavy (non-hydrogen) atoms. The van der Waals surface area contributed by atoms with Crippen molar-refractivity contribution in [2.75, 3.05) is 26.2 Å². The van der Waals surface area contributed by atoms with E-state index in [1.165, 1.54) is 18.4 Å². The molecule has 4 aliphatic rings. The van der Waals surface area contributed by atoms with Crippen LogP contribution in [0.5, 0.6) is 5.75 Å². The molecule has 1 aromatic carbocycles. The molecule has 3 unspecified atom stereocenters. The van der Waals surface area contributed by atoms with Crippen LogP contribution in [0.3, 0.4) is 0 Å². The van der Waals surface area contributed by atoms with Crippen LogP contribution in [-0.4, -0.2) is 73.1 Å². The smallest absolute Gasteiger partial charge is 0.228 e. The minimum atomic E-state index is -0.918. The summed E-state index contributed by atoms with van der Waals surface area (Å²) in [5.74, 6) is 1.09. The topological polar surface area (TPSA) is 81.3 Å². The number of aromatic hydroxyl groups is 1. The van der Waals surface area contributed by atoms with Gasteiger partial charge in [-0.25, -0.2) is 4.98 Å². The molecule has 2 aromatic heterocycles. The summed E-state index contributed by atoms with van der Waals surface area (Å²) in [4.78, 5) is 22.6. The number of phenols is 1. The van der Waals surface area contributed by atoms with E-state index in [0.717, 1.165) is 48.8 Å². The van der Waals surface area contributed by atoms with Crippen LogP contribution in [0.1, 0.15) is 48.9 Å². The molecule has 3 fully saturated rings. The maximum Gasteiger partial charge on any atom is 0.228 e. The summed E-state index contributed by atoms with van der Waals surface area (Å²) >= 11 is 0. The van der Waals surface area contributed by atoms with E-state index in [0.29, 0.717) is 25.9 Å². The van der Waals surface area contributed by atoms with Gasteiger partial charge in [0.1, 0.15) is 11.4 Å². The molecule has 2 N–H and O–H groups in total. The van der Waals surface area contributed by atoms with Crippen LogP contribution >= 0.6 is 0 Å². The largest absolute Gasteiger partial charge is 0.508 e. The number of hydrogen-bond donors (Lipinski definition) is 2. The zero-order valence-electron chi connectivity index (χ0n) is 20.6. The lowest BCUT2D eigenvalue weighted by Crippen LogP contribution is -2.71. The maximum atomic E-state index is 13.5. The van der Waals surface area contributed by atoms with Gasteiger partial charge in [-0.1, -0.05) is 12.1 Å². The van der Waals surface area contributed by atoms with Gasteiger partial charge >= 0.3 is 0 Å². The minimum absolute atomic E-state index is 0.0531. The van der Waals surface area contributed by atoms with Gasteiger partial charge in [0.25, 0.3) is 0 Å². The first-order valence-corrected chi connectivity index (χ1v) is 13.4. The number of piperidine rings is 1. The molecule has 1 saturated carbocycles. The van der Waals surface area contributed by atoms with E-state index < -0.39 is 11.0 Å². The Hall–Kier alpha value is -2.90. The summed E-state index contributed by atoms with van der Waals surface area (Å²) in [6, 6.07) is 11.6. The standard InChI is InChI=1S/C29H34N4O3/c34-23-7-6-21-15-25-29(36)10-14-31(27(35)16-22-19-33-11-2-1-3-26(33)30-22)12-8-28(29,24(21)17-23)9-13-32(25)18-20-4-5-20/h1-3,6-7,11,17,19-20,25,34,36H,4-5,8-10,12-16,18H2. The first-order valence-electron chi connectivity index (χ1n) is 13.4. The van der Waals surface area contributed by atoms with Crippen LogP contribution in [0.15, 0.2) is 48.8 Å². The third kappa shape index (κ3) is 3.40. The number of hydrogen-bond acceptors (Lipinski definition) is 5. The normalized spacial score (nSPS) is 30.0. The first-order chi connectivity index (χ1) is 17.4. The Kier molecular flexibility index (Phi) is 4.99. The molecule has 2 aliphatic carbocycles. The van der Waals surface area contributed by atoms with Gasteiger partial charge in [0, 0.05) is 43.5 Å². The van der Waals surface area contributed by atoms with Crippen LogP contribution in [0.2, 0.25) is 0 Å². The van der Waals surface area contributed by atoms with Crippen LogP contribution in [0.4, 0.5) is 0 Å². The number of aromatic nitrogens is 2. The fourth-order valence-corrected chi connectivity index (χ4v) is 7.45. The summed E-state index contributed by atoms with van der Waals surface area (Å²) in [5.41, 5.74) is 2.60. The summed E-state index contributed by atoms with van der Waals surface area (Å²) in [7, 11) is 0. The molecule has 1 amide bonds. The van der Waals surface area contributed by atoms with Gasteiger partial charge in [0.2, 0.25) is 5.91 Å². The quantitative estimate of drug-likeness (QED) is 0.593. The van der Waals surface area contributed by atoms with Crippen molar-refractivity contribution in [3.8, 4) is 5.75 Å². The molecule has 7 rings (SSSR count). The zero-order chi connectivity index (χ0) is 24.5. The second-order valence-corrected chi connectivity index (χ2v) is 11.5. The van der Waals surface area contributed by atoms with E-state index in [1.807, 2.05) is 46.0 Å². The highest BCUT2D eigenvalue weighted by molar-refractivity contribution is 5.78. The maximum absolute atomic E-state index is 13.5. The molecule has 3 aromatic rings. The number of rotatable bonds is 4. The minimum Gasteiger partial charge on any atom is -0.508 e. The number of aliphatic hydroxyl groups is 1. The molecule has 3 atom stereocenters. The van der Waals surface area contributed by atoms with Crippen molar-refractivity contribution >= 4 is 11.6 Å². The van der Waals surface area contributed by atoms with Gasteiger partial charge in [-0.15, -0.1) is 0 Å². The molecule has 0 radical (unpaired) electrons. The Bertz CT molecular complexity index is 1300. The molecular weight excluding hydrogens is 452 g/mol. The number of carbonyl (C=O) groups is 1. The highest BCUT2D eigenvalue weighted by atomic mass is 16.3. The zero-order valence-corrected chi connectivity index (χ0v) is 20.6. The number of fused-ring (bicyclic) bond motifs is 2. The van der Waals surface area contributed by atoms with E-state index in [2.05, 4.69) is 16.0 Å². The predicted molar refractivity (Wildman–Crippen MR) is 136 cm³/mol. The second-order valence-electron chi connectivity index (χ2n) is 11.5. The number of phenolic OH excluding ortho intramolecular Hbond substituents is 1. The summed E-state index contributed by atoms with van der Waals surface area (Å²) in [6.07, 6.45) is 9.66. The number of imidazole rings is 1. The lowest BCUT2D eigenvalue weighted by molar-refractivity contribution is -0.149. The average molecular weight is 487 g/mol. The lowest BCUT2D eigenvalue weighted by Gasteiger charge is -2.61. The summed E-state index contributed by atoms with van der Waals surface area (Å²) in [5, 5.41) is 23.0. The first kappa shape index (κ1) is 22.3. The Morgan fingerprint density at radius 3 is 2.75 bits per heavy atom. The lowest BCUT2D eigenvalue weighted by atomic mass is 9.52. The van der Waals surface area contributed by atoms with E-state index in [4.69, 9.17) is 0 Å². The fraction of sp³-hybridized carbons (Fsp3) is 0.517. The van der Waals surface area contributed by atoms with Gasteiger partial charge in [0.05, 0.1) is 17.7 Å². The number of benzene rings is 1. The monoisotopic (exact) mass is 486 g/mol. The molecule has 7 heteroatoms. The van der Waals surface area contributed by atoms with Gasteiger partial charge < -0.3 is 19.5 Å². The SMILES string of the molecule is O=C(Cc1cn2ccccc2n1)N1CCC23CCN(CC4CC4)C(Cc4ccc(O)cc42)C3(O)CC1. The van der Waals surface area contributed by atoms with Crippen molar-refractivity contribution in [2.24, 2.45) is 5.92 Å². The van der Waals surface area contributed by atoms with Gasteiger partial charge in [-0.3, -0.25) is 9.69 Å². The van der Waals surface area contributed by atoms with Crippen LogP contribution in [0, 0.1) is 5.92 Å². The number of amides is 1. The van der Waals surface area contributed by atoms with Crippen LogP contribution in [-0.2, 0) is 23.1 Å². The number of likely N-dealkylation sites (tertiary alicyclic amines) is 2. The van der Waals surface area contributed by atoms with Crippen molar-refractivity contribution in [3.05, 3.63) is 65.6 Å². The average Bonchev–Trinajstić information content (AvgIpc) is 3.61. The van der Waals surface area contributed by atoms with Crippen molar-refractivity contribution in [2.45, 2.75) is 62.0 Å². The third-order valence-corrected chi connectivity index (χ3v) is 9.53. The van der Waals surface area contributed by atoms with Gasteiger partial charge in [-0.2, -0.15) is 0 Å². The molecule has 2 saturated heterocycles. The molecule has 4 heterocycles. The molecule has 2 aliphatic heterocycles. The molecule has 0 spiro atoms. The third-order valence-electron chi connectivity index (χ3n) is 9.53. The second kappa shape index (κ2) is 8.05. The van der Waals surface area contributed by atoms with E-state index in [1.54, 1.807) is 6.07 Å². The van der Waals surface area contributed by atoms with Crippen molar-refractivity contribution < 1.29 is 15.0 Å². The highest BCUT2D eigenvalue weighted by Crippen LogP contribution is 2.56. The fourth-order valence-electron chi connectivity index (χ4n) is 7.45. The van der Waals surface area contributed by atoms with E-state index >= 15 is 0 Å². The van der Waals surface area contributed by atoms with Gasteiger partial charge in [0.15, 0.2) is 0 Å². The summed E-state index contributed by atoms with van der Waals surface area (Å²) in [6.45, 7) is 3.19. The van der Waals surface area contributed by atoms with Crippen LogP contribution in [0.25, 0.3) is 5.65 Å². The van der Waals surface area contributed by atoms with Crippen molar-refractivity contribution in [3.63, 3.8) is 0 Å². The Balaban J connectivity index is 1.20. The van der Waals surface area contributed by atoms with E-state index in [9.17, 15) is 15.0 Å². The van der Waals surface area contributed by atoms with E-state index in [-0.39, 0.29) is 24.1 Å². The number of nitrogens with zero attached hydrogens (tertiary/aromatic N) is 4. The molecule has 188 valence electrons. The van der Waals surface area contributed by atoms with Gasteiger partial charge in [-0.05, 0) is 86.4 Å². The number of pyridine rings is 1.